The molecule has 1 unspecified atom stereocenters. The minimum absolute atomic E-state index is 0.0450. The van der Waals surface area contributed by atoms with Crippen LogP contribution in [0.2, 0.25) is 0 Å². The average molecular weight is 328 g/mol. The number of benzene rings is 1. The number of halogens is 1. The zero-order valence-corrected chi connectivity index (χ0v) is 12.9. The molecule has 0 radical (unpaired) electrons. The predicted molar refractivity (Wildman–Crippen MR) is 77.5 cm³/mol. The maximum absolute atomic E-state index is 12.1. The van der Waals surface area contributed by atoms with Gasteiger partial charge in [0.25, 0.3) is 5.91 Å². The minimum atomic E-state index is -0.557. The van der Waals surface area contributed by atoms with E-state index in [1.165, 1.54) is 0 Å². The summed E-state index contributed by atoms with van der Waals surface area (Å²) in [5.74, 6) is 0.509. The zero-order valence-electron chi connectivity index (χ0n) is 11.4. The zero-order chi connectivity index (χ0) is 14.4. The van der Waals surface area contributed by atoms with Crippen molar-refractivity contribution in [2.75, 3.05) is 13.1 Å². The van der Waals surface area contributed by atoms with Crippen molar-refractivity contribution < 1.29 is 14.3 Å². The molecule has 104 valence electrons. The molecule has 0 saturated carbocycles. The second-order valence-electron chi connectivity index (χ2n) is 4.08. The van der Waals surface area contributed by atoms with E-state index in [4.69, 9.17) is 4.74 Å². The first-order valence-electron chi connectivity index (χ1n) is 6.23. The Morgan fingerprint density at radius 2 is 2.05 bits per heavy atom. The maximum atomic E-state index is 12.1. The number of carbonyl (C=O) groups excluding carboxylic acids is 2. The van der Waals surface area contributed by atoms with Gasteiger partial charge in [0.1, 0.15) is 12.0 Å². The van der Waals surface area contributed by atoms with Crippen molar-refractivity contribution in [3.63, 3.8) is 0 Å². The molecular formula is C14H18BrNO3. The highest BCUT2D eigenvalue weighted by Gasteiger charge is 2.20. The van der Waals surface area contributed by atoms with Crippen LogP contribution in [0.1, 0.15) is 31.1 Å². The van der Waals surface area contributed by atoms with Crippen molar-refractivity contribution in [2.24, 2.45) is 0 Å². The Kier molecular flexibility index (Phi) is 6.02. The van der Waals surface area contributed by atoms with Crippen LogP contribution in [0.15, 0.2) is 22.7 Å². The average Bonchev–Trinajstić information content (AvgIpc) is 2.42. The second-order valence-corrected chi connectivity index (χ2v) is 4.93. The third-order valence-electron chi connectivity index (χ3n) is 2.82. The van der Waals surface area contributed by atoms with Crippen LogP contribution in [-0.2, 0) is 4.79 Å². The summed E-state index contributed by atoms with van der Waals surface area (Å²) in [6, 6.07) is 5.00. The molecule has 1 aromatic carbocycles. The number of amides is 1. The number of hydrogen-bond donors (Lipinski definition) is 0. The number of ether oxygens (including phenoxy) is 1. The minimum Gasteiger partial charge on any atom is -0.480 e. The summed E-state index contributed by atoms with van der Waals surface area (Å²) in [5.41, 5.74) is 0.557. The van der Waals surface area contributed by atoms with Gasteiger partial charge < -0.3 is 9.64 Å². The molecule has 1 atom stereocenters. The fourth-order valence-corrected chi connectivity index (χ4v) is 2.21. The van der Waals surface area contributed by atoms with Crippen molar-refractivity contribution in [2.45, 2.75) is 26.9 Å². The van der Waals surface area contributed by atoms with Gasteiger partial charge in [-0.1, -0.05) is 0 Å². The molecule has 1 aromatic rings. The lowest BCUT2D eigenvalue weighted by Crippen LogP contribution is -2.40. The monoisotopic (exact) mass is 327 g/mol. The molecule has 0 spiro atoms. The third kappa shape index (κ3) is 4.06. The van der Waals surface area contributed by atoms with Crippen molar-refractivity contribution >= 4 is 28.1 Å². The molecule has 0 aromatic heterocycles. The first-order chi connectivity index (χ1) is 9.03. The second kappa shape index (κ2) is 7.28. The van der Waals surface area contributed by atoms with Gasteiger partial charge in [-0.05, 0) is 54.9 Å². The Labute approximate surface area is 121 Å². The number of rotatable bonds is 6. The summed E-state index contributed by atoms with van der Waals surface area (Å²) < 4.78 is 6.30. The van der Waals surface area contributed by atoms with E-state index in [1.807, 2.05) is 13.8 Å². The molecule has 0 aliphatic carbocycles. The molecule has 0 aliphatic rings. The van der Waals surface area contributed by atoms with Crippen molar-refractivity contribution in [3.8, 4) is 5.75 Å². The van der Waals surface area contributed by atoms with Gasteiger partial charge in [-0.25, -0.2) is 0 Å². The summed E-state index contributed by atoms with van der Waals surface area (Å²) in [7, 11) is 0. The molecule has 0 bridgehead atoms. The first kappa shape index (κ1) is 15.7. The lowest BCUT2D eigenvalue weighted by Gasteiger charge is -2.23. The molecule has 0 saturated heterocycles. The van der Waals surface area contributed by atoms with E-state index >= 15 is 0 Å². The smallest absolute Gasteiger partial charge is 0.263 e. The lowest BCUT2D eigenvalue weighted by atomic mass is 10.2. The number of likely N-dealkylation sites (N-methyl/N-ethyl adjacent to an activating group) is 1. The Balaban J connectivity index is 2.79. The van der Waals surface area contributed by atoms with Gasteiger partial charge in [0.2, 0.25) is 0 Å². The summed E-state index contributed by atoms with van der Waals surface area (Å²) in [4.78, 5) is 24.4. The fourth-order valence-electron chi connectivity index (χ4n) is 1.72. The molecule has 4 nitrogen and oxygen atoms in total. The number of carbonyl (C=O) groups is 2. The van der Waals surface area contributed by atoms with Crippen LogP contribution < -0.4 is 4.74 Å². The first-order valence-corrected chi connectivity index (χ1v) is 7.02. The van der Waals surface area contributed by atoms with Crippen LogP contribution in [0.4, 0.5) is 0 Å². The Bertz CT molecular complexity index is 458. The molecule has 0 aliphatic heterocycles. The van der Waals surface area contributed by atoms with Crippen molar-refractivity contribution in [1.82, 2.24) is 4.90 Å². The van der Waals surface area contributed by atoms with E-state index in [-0.39, 0.29) is 5.91 Å². The SMILES string of the molecule is CCN(CC)C(=O)C(C)Oc1ccc(C=O)cc1Br. The third-order valence-corrected chi connectivity index (χ3v) is 3.44. The highest BCUT2D eigenvalue weighted by molar-refractivity contribution is 9.10. The number of nitrogens with zero attached hydrogens (tertiary/aromatic N) is 1. The van der Waals surface area contributed by atoms with Crippen LogP contribution in [0, 0.1) is 0 Å². The molecule has 0 heterocycles. The Morgan fingerprint density at radius 3 is 2.53 bits per heavy atom. The normalized spacial score (nSPS) is 11.8. The van der Waals surface area contributed by atoms with Gasteiger partial charge in [-0.2, -0.15) is 0 Å². The number of hydrogen-bond acceptors (Lipinski definition) is 3. The molecular weight excluding hydrogens is 310 g/mol. The summed E-state index contributed by atoms with van der Waals surface area (Å²) in [6.07, 6.45) is 0.206. The van der Waals surface area contributed by atoms with Crippen molar-refractivity contribution in [1.29, 1.82) is 0 Å². The summed E-state index contributed by atoms with van der Waals surface area (Å²) in [5, 5.41) is 0. The van der Waals surface area contributed by atoms with Gasteiger partial charge in [0.05, 0.1) is 4.47 Å². The number of aldehydes is 1. The van der Waals surface area contributed by atoms with Gasteiger partial charge in [0.15, 0.2) is 6.10 Å². The van der Waals surface area contributed by atoms with E-state index in [2.05, 4.69) is 15.9 Å². The largest absolute Gasteiger partial charge is 0.480 e. The molecule has 0 N–H and O–H groups in total. The van der Waals surface area contributed by atoms with Gasteiger partial charge in [0, 0.05) is 18.7 Å². The van der Waals surface area contributed by atoms with Gasteiger partial charge >= 0.3 is 0 Å². The van der Waals surface area contributed by atoms with Crippen LogP contribution in [-0.4, -0.2) is 36.3 Å². The molecule has 1 rings (SSSR count). The predicted octanol–water partition coefficient (Wildman–Crippen LogP) is 2.90. The van der Waals surface area contributed by atoms with E-state index in [9.17, 15) is 9.59 Å². The van der Waals surface area contributed by atoms with Crippen molar-refractivity contribution in [3.05, 3.63) is 28.2 Å². The topological polar surface area (TPSA) is 46.6 Å². The molecule has 0 fully saturated rings. The quantitative estimate of drug-likeness (QED) is 0.755. The fraction of sp³-hybridized carbons (Fsp3) is 0.429. The highest BCUT2D eigenvalue weighted by Crippen LogP contribution is 2.26. The van der Waals surface area contributed by atoms with E-state index < -0.39 is 6.10 Å². The van der Waals surface area contributed by atoms with Crippen LogP contribution >= 0.6 is 15.9 Å². The van der Waals surface area contributed by atoms with Crippen LogP contribution in [0.25, 0.3) is 0 Å². The Hall–Kier alpha value is -1.36. The van der Waals surface area contributed by atoms with E-state index in [0.717, 1.165) is 6.29 Å². The summed E-state index contributed by atoms with van der Waals surface area (Å²) in [6.45, 7) is 6.91. The van der Waals surface area contributed by atoms with Crippen LogP contribution in [0.5, 0.6) is 5.75 Å². The molecule has 1 amide bonds. The standard InChI is InChI=1S/C14H18BrNO3/c1-4-16(5-2)14(18)10(3)19-13-7-6-11(9-17)8-12(13)15/h6-10H,4-5H2,1-3H3. The lowest BCUT2D eigenvalue weighted by molar-refractivity contribution is -0.137. The highest BCUT2D eigenvalue weighted by atomic mass is 79.9. The van der Waals surface area contributed by atoms with Crippen LogP contribution in [0.3, 0.4) is 0 Å². The van der Waals surface area contributed by atoms with Gasteiger partial charge in [-0.15, -0.1) is 0 Å². The Morgan fingerprint density at radius 1 is 1.42 bits per heavy atom. The van der Waals surface area contributed by atoms with Gasteiger partial charge in [-0.3, -0.25) is 9.59 Å². The molecule has 19 heavy (non-hydrogen) atoms. The van der Waals surface area contributed by atoms with E-state index in [1.54, 1.807) is 30.0 Å². The van der Waals surface area contributed by atoms with E-state index in [0.29, 0.717) is 28.9 Å². The molecule has 5 heteroatoms. The maximum Gasteiger partial charge on any atom is 0.263 e. The summed E-state index contributed by atoms with van der Waals surface area (Å²) >= 11 is 3.33.